The zero-order valence-corrected chi connectivity index (χ0v) is 29.2. The van der Waals surface area contributed by atoms with Gasteiger partial charge in [-0.15, -0.1) is 0 Å². The molecule has 3 N–H and O–H groups in total. The van der Waals surface area contributed by atoms with Crippen molar-refractivity contribution in [2.45, 2.75) is 111 Å². The van der Waals surface area contributed by atoms with Crippen LogP contribution in [-0.4, -0.2) is 88.7 Å². The van der Waals surface area contributed by atoms with E-state index < -0.39 is 11.2 Å². The van der Waals surface area contributed by atoms with E-state index in [1.165, 1.54) is 70.5 Å². The minimum Gasteiger partial charge on any atom is -0.497 e. The summed E-state index contributed by atoms with van der Waals surface area (Å²) in [6.07, 6.45) is 11.9. The standard InChI is InChI=1S/C42H51N3O4/c1-48-29-9-7-27-15-37-41(46)19-31-32-20-42(47)38-16-28-8-10-30(49-2)18-34(28)40(42,12-14-45(38)24-26-5-6-26)22-36(32)43-35(31)21-39(41,33(27)17-29)11-13-44(37)23-25-3-4-25/h7-10,17-18,25-26,37-38,43,46-47H,3-6,11-16,19-24H2,1-2H3/t37-,38-,39-,40-,41-,42-/m1/s1. The Morgan fingerprint density at radius 3 is 1.53 bits per heavy atom. The second-order valence-corrected chi connectivity index (χ2v) is 17.6. The largest absolute Gasteiger partial charge is 0.497 e. The van der Waals surface area contributed by atoms with Gasteiger partial charge in [0.05, 0.1) is 25.4 Å². The van der Waals surface area contributed by atoms with Gasteiger partial charge in [0.15, 0.2) is 0 Å². The average Bonchev–Trinajstić information content (AvgIpc) is 4.04. The van der Waals surface area contributed by atoms with Crippen LogP contribution in [0.15, 0.2) is 36.4 Å². The summed E-state index contributed by atoms with van der Waals surface area (Å²) in [5, 5.41) is 26.9. The Balaban J connectivity index is 1.06. The molecule has 258 valence electrons. The van der Waals surface area contributed by atoms with Gasteiger partial charge in [-0.05, 0) is 134 Å². The Kier molecular flexibility index (Phi) is 6.05. The molecule has 6 atom stereocenters. The van der Waals surface area contributed by atoms with Gasteiger partial charge in [-0.1, -0.05) is 12.1 Å². The van der Waals surface area contributed by atoms with E-state index in [0.717, 1.165) is 88.0 Å². The molecule has 2 aliphatic heterocycles. The van der Waals surface area contributed by atoms with Crippen LogP contribution in [0.4, 0.5) is 0 Å². The predicted octanol–water partition coefficient (Wildman–Crippen LogP) is 4.65. The summed E-state index contributed by atoms with van der Waals surface area (Å²) in [5.41, 5.74) is 8.10. The van der Waals surface area contributed by atoms with Crippen LogP contribution in [0.3, 0.4) is 0 Å². The molecule has 7 heteroatoms. The van der Waals surface area contributed by atoms with Crippen molar-refractivity contribution >= 4 is 0 Å². The third-order valence-electron chi connectivity index (χ3n) is 15.4. The number of fused-ring (bicyclic) bond motifs is 5. The number of benzene rings is 2. The zero-order valence-electron chi connectivity index (χ0n) is 29.2. The van der Waals surface area contributed by atoms with E-state index >= 15 is 0 Å². The monoisotopic (exact) mass is 661 g/mol. The number of piperidine rings is 2. The van der Waals surface area contributed by atoms with Crippen molar-refractivity contribution in [1.29, 1.82) is 0 Å². The van der Waals surface area contributed by atoms with Gasteiger partial charge in [-0.25, -0.2) is 0 Å². The van der Waals surface area contributed by atoms with Gasteiger partial charge in [0.25, 0.3) is 0 Å². The lowest BCUT2D eigenvalue weighted by Gasteiger charge is -2.64. The van der Waals surface area contributed by atoms with Crippen LogP contribution in [0.1, 0.15) is 83.3 Å². The second kappa shape index (κ2) is 9.93. The highest BCUT2D eigenvalue weighted by Crippen LogP contribution is 2.62. The molecule has 49 heavy (non-hydrogen) atoms. The number of aromatic amines is 1. The van der Waals surface area contributed by atoms with Gasteiger partial charge in [0, 0.05) is 73.1 Å². The summed E-state index contributed by atoms with van der Waals surface area (Å²) in [6.45, 7) is 4.29. The summed E-state index contributed by atoms with van der Waals surface area (Å²) in [4.78, 5) is 9.40. The lowest BCUT2D eigenvalue weighted by atomic mass is 9.47. The maximum Gasteiger partial charge on any atom is 0.119 e. The van der Waals surface area contributed by atoms with Gasteiger partial charge < -0.3 is 24.7 Å². The molecular formula is C42H51N3O4. The van der Waals surface area contributed by atoms with Crippen molar-refractivity contribution in [2.75, 3.05) is 40.4 Å². The van der Waals surface area contributed by atoms with E-state index in [1.54, 1.807) is 14.2 Å². The molecule has 2 saturated heterocycles. The molecule has 11 rings (SSSR count). The van der Waals surface area contributed by atoms with Crippen LogP contribution < -0.4 is 9.47 Å². The first-order valence-electron chi connectivity index (χ1n) is 19.3. The number of nitrogens with zero attached hydrogens (tertiary/aromatic N) is 2. The number of H-pyrrole nitrogens is 1. The van der Waals surface area contributed by atoms with E-state index in [2.05, 4.69) is 51.2 Å². The first-order valence-corrected chi connectivity index (χ1v) is 19.3. The highest BCUT2D eigenvalue weighted by molar-refractivity contribution is 5.58. The van der Waals surface area contributed by atoms with Crippen LogP contribution in [0.25, 0.3) is 0 Å². The third-order valence-corrected chi connectivity index (χ3v) is 15.4. The Morgan fingerprint density at radius 2 is 1.12 bits per heavy atom. The SMILES string of the molecule is COc1ccc2c(c1)[C@]13CCN(CC4CC4)[C@H](C2)[C@]1(O)Cc1c([nH]c2c1C[C@@]1(O)[C@H]4Cc5ccc(OC)cc5[C@@]1(CCN4CC1CC1)C2)C3. The molecule has 7 nitrogen and oxygen atoms in total. The molecule has 0 radical (unpaired) electrons. The normalized spacial score (nSPS) is 37.2. The number of likely N-dealkylation sites (tertiary alicyclic amines) is 2. The van der Waals surface area contributed by atoms with Crippen LogP contribution in [0.5, 0.6) is 11.5 Å². The summed E-state index contributed by atoms with van der Waals surface area (Å²) in [6, 6.07) is 13.5. The van der Waals surface area contributed by atoms with E-state index in [9.17, 15) is 10.2 Å². The smallest absolute Gasteiger partial charge is 0.119 e. The minimum atomic E-state index is -0.874. The van der Waals surface area contributed by atoms with Gasteiger partial charge in [0.2, 0.25) is 0 Å². The molecule has 0 spiro atoms. The van der Waals surface area contributed by atoms with Gasteiger partial charge in [0.1, 0.15) is 11.5 Å². The topological polar surface area (TPSA) is 81.2 Å². The number of ether oxygens (including phenoxy) is 2. The van der Waals surface area contributed by atoms with E-state index in [1.807, 2.05) is 0 Å². The van der Waals surface area contributed by atoms with Crippen LogP contribution in [0.2, 0.25) is 0 Å². The Hall–Kier alpha value is -2.84. The summed E-state index contributed by atoms with van der Waals surface area (Å²) < 4.78 is 11.6. The van der Waals surface area contributed by atoms with Crippen LogP contribution >= 0.6 is 0 Å². The zero-order chi connectivity index (χ0) is 32.9. The van der Waals surface area contributed by atoms with Crippen molar-refractivity contribution in [3.63, 3.8) is 0 Å². The summed E-state index contributed by atoms with van der Waals surface area (Å²) in [7, 11) is 3.51. The number of aliphatic hydroxyl groups is 2. The number of aromatic nitrogens is 1. The molecule has 4 bridgehead atoms. The first kappa shape index (κ1) is 29.8. The lowest BCUT2D eigenvalue weighted by Crippen LogP contribution is -2.75. The fourth-order valence-corrected chi connectivity index (χ4v) is 12.5. The number of hydrogen-bond donors (Lipinski definition) is 3. The fraction of sp³-hybridized carbons (Fsp3) is 0.619. The number of methoxy groups -OCH3 is 2. The maximum atomic E-state index is 13.5. The number of hydrogen-bond acceptors (Lipinski definition) is 6. The van der Waals surface area contributed by atoms with E-state index in [4.69, 9.17) is 9.47 Å². The number of rotatable bonds is 6. The molecule has 0 amide bonds. The molecule has 3 heterocycles. The van der Waals surface area contributed by atoms with Gasteiger partial charge >= 0.3 is 0 Å². The van der Waals surface area contributed by atoms with Crippen molar-refractivity contribution in [2.24, 2.45) is 11.8 Å². The predicted molar refractivity (Wildman–Crippen MR) is 188 cm³/mol. The third kappa shape index (κ3) is 3.88. The van der Waals surface area contributed by atoms with Crippen molar-refractivity contribution in [3.05, 3.63) is 81.2 Å². The van der Waals surface area contributed by atoms with E-state index in [-0.39, 0.29) is 22.9 Å². The minimum absolute atomic E-state index is 0.0990. The molecule has 4 fully saturated rings. The Morgan fingerprint density at radius 1 is 0.673 bits per heavy atom. The Bertz CT molecular complexity index is 1750. The van der Waals surface area contributed by atoms with Gasteiger partial charge in [-0.3, -0.25) is 9.80 Å². The fourth-order valence-electron chi connectivity index (χ4n) is 12.5. The molecule has 8 aliphatic rings. The molecular weight excluding hydrogens is 610 g/mol. The highest BCUT2D eigenvalue weighted by Gasteiger charge is 2.68. The Labute approximate surface area is 290 Å². The first-order chi connectivity index (χ1) is 23.8. The van der Waals surface area contributed by atoms with Crippen LogP contribution in [0, 0.1) is 11.8 Å². The maximum absolute atomic E-state index is 13.5. The van der Waals surface area contributed by atoms with Crippen molar-refractivity contribution in [1.82, 2.24) is 14.8 Å². The second-order valence-electron chi connectivity index (χ2n) is 17.6. The molecule has 0 unspecified atom stereocenters. The lowest BCUT2D eigenvalue weighted by molar-refractivity contribution is -0.155. The van der Waals surface area contributed by atoms with Gasteiger partial charge in [-0.2, -0.15) is 0 Å². The molecule has 2 saturated carbocycles. The van der Waals surface area contributed by atoms with Crippen molar-refractivity contribution < 1.29 is 19.7 Å². The van der Waals surface area contributed by atoms with Crippen LogP contribution in [-0.2, 0) is 49.4 Å². The molecule has 2 aromatic carbocycles. The van der Waals surface area contributed by atoms with E-state index in [0.29, 0.717) is 12.8 Å². The molecule has 3 aromatic rings. The number of nitrogens with one attached hydrogen (secondary N) is 1. The average molecular weight is 662 g/mol. The quantitative estimate of drug-likeness (QED) is 0.357. The summed E-state index contributed by atoms with van der Waals surface area (Å²) in [5.74, 6) is 3.33. The molecule has 6 aliphatic carbocycles. The molecule has 1 aromatic heterocycles. The van der Waals surface area contributed by atoms with Crippen molar-refractivity contribution in [3.8, 4) is 11.5 Å². The summed E-state index contributed by atoms with van der Waals surface area (Å²) >= 11 is 0. The highest BCUT2D eigenvalue weighted by atomic mass is 16.5.